The molecule has 116 valence electrons. The van der Waals surface area contributed by atoms with Crippen LogP contribution in [0.1, 0.15) is 25.5 Å². The first-order valence-corrected chi connectivity index (χ1v) is 8.90. The fourth-order valence-corrected chi connectivity index (χ4v) is 4.91. The van der Waals surface area contributed by atoms with Crippen molar-refractivity contribution in [3.8, 4) is 0 Å². The van der Waals surface area contributed by atoms with E-state index in [0.717, 1.165) is 5.56 Å². The largest absolute Gasteiger partial charge is 0.425 e. The second kappa shape index (κ2) is 5.62. The van der Waals surface area contributed by atoms with Gasteiger partial charge in [-0.3, -0.25) is 4.52 Å². The quantitative estimate of drug-likeness (QED) is 0.631. The zero-order chi connectivity index (χ0) is 15.8. The third-order valence-electron chi connectivity index (χ3n) is 3.97. The molecule has 1 aliphatic heterocycles. The number of hydrogen-bond acceptors (Lipinski definition) is 3. The SMILES string of the molecule is C[n+]1ccccc1P1(=O)OCC(C)(C)[C@@H](c2ccccc2)O1. The van der Waals surface area contributed by atoms with Gasteiger partial charge in [-0.2, -0.15) is 4.57 Å². The van der Waals surface area contributed by atoms with Crippen LogP contribution in [0.4, 0.5) is 0 Å². The highest BCUT2D eigenvalue weighted by molar-refractivity contribution is 7.61. The van der Waals surface area contributed by atoms with Crippen molar-refractivity contribution in [2.45, 2.75) is 20.0 Å². The van der Waals surface area contributed by atoms with Crippen molar-refractivity contribution in [3.05, 3.63) is 60.3 Å². The normalized spacial score (nSPS) is 27.5. The molecule has 1 aromatic carbocycles. The zero-order valence-corrected chi connectivity index (χ0v) is 14.0. The highest BCUT2D eigenvalue weighted by Gasteiger charge is 2.49. The second-order valence-electron chi connectivity index (χ2n) is 6.33. The number of rotatable bonds is 2. The number of benzene rings is 1. The van der Waals surface area contributed by atoms with E-state index in [1.807, 2.05) is 55.7 Å². The Morgan fingerprint density at radius 3 is 2.50 bits per heavy atom. The minimum absolute atomic E-state index is 0.247. The van der Waals surface area contributed by atoms with Crippen molar-refractivity contribution >= 4 is 13.0 Å². The Morgan fingerprint density at radius 1 is 1.14 bits per heavy atom. The van der Waals surface area contributed by atoms with E-state index in [2.05, 4.69) is 13.8 Å². The average molecular weight is 318 g/mol. The Bertz CT molecular complexity index is 715. The molecule has 4 nitrogen and oxygen atoms in total. The van der Waals surface area contributed by atoms with E-state index in [1.54, 1.807) is 10.6 Å². The molecule has 1 saturated heterocycles. The number of aromatic nitrogens is 1. The van der Waals surface area contributed by atoms with Crippen molar-refractivity contribution in [1.82, 2.24) is 0 Å². The first-order chi connectivity index (χ1) is 10.4. The summed E-state index contributed by atoms with van der Waals surface area (Å²) in [6, 6.07) is 15.4. The molecule has 0 amide bonds. The molecule has 1 aliphatic rings. The molecule has 0 saturated carbocycles. The fourth-order valence-electron chi connectivity index (χ4n) is 2.70. The van der Waals surface area contributed by atoms with Gasteiger partial charge < -0.3 is 4.52 Å². The lowest BCUT2D eigenvalue weighted by molar-refractivity contribution is -0.654. The fraction of sp³-hybridized carbons (Fsp3) is 0.353. The standard InChI is InChI=1S/C17H21NO3P/c1-17(2)13-20-22(19,15-11-7-8-12-18(15)3)21-16(17)14-9-5-4-6-10-14/h4-12,16H,13H2,1-3H3/q+1/t16-,22?/m1/s1. The van der Waals surface area contributed by atoms with Crippen LogP contribution in [-0.4, -0.2) is 6.61 Å². The summed E-state index contributed by atoms with van der Waals surface area (Å²) in [6.07, 6.45) is 1.58. The first-order valence-electron chi connectivity index (χ1n) is 7.35. The minimum Gasteiger partial charge on any atom is -0.300 e. The predicted molar refractivity (Wildman–Crippen MR) is 84.9 cm³/mol. The van der Waals surface area contributed by atoms with Crippen molar-refractivity contribution in [2.75, 3.05) is 6.61 Å². The maximum atomic E-state index is 13.3. The van der Waals surface area contributed by atoms with E-state index in [9.17, 15) is 4.57 Å². The van der Waals surface area contributed by atoms with Gasteiger partial charge in [-0.05, 0) is 11.6 Å². The Balaban J connectivity index is 2.01. The van der Waals surface area contributed by atoms with E-state index in [0.29, 0.717) is 12.0 Å². The Hall–Kier alpha value is -1.48. The second-order valence-corrected chi connectivity index (χ2v) is 8.25. The summed E-state index contributed by atoms with van der Waals surface area (Å²) in [6.45, 7) is 4.52. The first kappa shape index (κ1) is 15.4. The summed E-state index contributed by atoms with van der Waals surface area (Å²) < 4.78 is 26.8. The number of hydrogen-bond donors (Lipinski definition) is 0. The van der Waals surface area contributed by atoms with Crippen LogP contribution in [0.25, 0.3) is 0 Å². The molecule has 0 bridgehead atoms. The minimum atomic E-state index is -3.34. The van der Waals surface area contributed by atoms with E-state index in [-0.39, 0.29) is 11.5 Å². The summed E-state index contributed by atoms with van der Waals surface area (Å²) in [5.74, 6) is 0. The van der Waals surface area contributed by atoms with Crippen molar-refractivity contribution in [3.63, 3.8) is 0 Å². The van der Waals surface area contributed by atoms with Crippen LogP contribution >= 0.6 is 7.60 Å². The van der Waals surface area contributed by atoms with Gasteiger partial charge in [-0.1, -0.05) is 44.2 Å². The number of nitrogens with zero attached hydrogens (tertiary/aromatic N) is 1. The molecule has 1 fully saturated rings. The van der Waals surface area contributed by atoms with Crippen molar-refractivity contribution in [1.29, 1.82) is 0 Å². The van der Waals surface area contributed by atoms with Crippen LogP contribution in [-0.2, 0) is 20.7 Å². The molecule has 0 N–H and O–H groups in total. The summed E-state index contributed by atoms with van der Waals surface area (Å²) in [5, 5.41) is 0. The molecule has 1 aromatic heterocycles. The van der Waals surface area contributed by atoms with Crippen molar-refractivity contribution < 1.29 is 18.2 Å². The lowest BCUT2D eigenvalue weighted by Crippen LogP contribution is -2.47. The Labute approximate surface area is 131 Å². The average Bonchev–Trinajstić information content (AvgIpc) is 2.51. The van der Waals surface area contributed by atoms with Gasteiger partial charge in [0.25, 0.3) is 5.44 Å². The van der Waals surface area contributed by atoms with Gasteiger partial charge in [0.1, 0.15) is 7.05 Å². The molecule has 0 radical (unpaired) electrons. The molecule has 0 aliphatic carbocycles. The number of pyridine rings is 1. The Kier molecular flexibility index (Phi) is 3.94. The molecule has 0 spiro atoms. The molecule has 2 atom stereocenters. The molecule has 2 aromatic rings. The van der Waals surface area contributed by atoms with Crippen LogP contribution in [0.5, 0.6) is 0 Å². The maximum Gasteiger partial charge on any atom is 0.425 e. The summed E-state index contributed by atoms with van der Waals surface area (Å²) in [4.78, 5) is 0. The van der Waals surface area contributed by atoms with Crippen LogP contribution in [0.15, 0.2) is 54.7 Å². The monoisotopic (exact) mass is 318 g/mol. The lowest BCUT2D eigenvalue weighted by atomic mass is 9.83. The van der Waals surface area contributed by atoms with Crippen LogP contribution in [0.2, 0.25) is 0 Å². The van der Waals surface area contributed by atoms with Gasteiger partial charge in [-0.15, -0.1) is 0 Å². The van der Waals surface area contributed by atoms with Gasteiger partial charge in [0.2, 0.25) is 0 Å². The number of aryl methyl sites for hydroxylation is 1. The van der Waals surface area contributed by atoms with E-state index < -0.39 is 7.60 Å². The van der Waals surface area contributed by atoms with Gasteiger partial charge in [0, 0.05) is 17.5 Å². The molecular weight excluding hydrogens is 297 g/mol. The Morgan fingerprint density at radius 2 is 1.82 bits per heavy atom. The van der Waals surface area contributed by atoms with Gasteiger partial charge in [0.15, 0.2) is 6.20 Å². The van der Waals surface area contributed by atoms with Crippen LogP contribution < -0.4 is 10.0 Å². The third-order valence-corrected chi connectivity index (χ3v) is 5.95. The van der Waals surface area contributed by atoms with Gasteiger partial charge in [-0.25, -0.2) is 4.57 Å². The molecule has 3 rings (SSSR count). The highest BCUT2D eigenvalue weighted by Crippen LogP contribution is 2.59. The lowest BCUT2D eigenvalue weighted by Gasteiger charge is -2.40. The topological polar surface area (TPSA) is 39.4 Å². The molecule has 22 heavy (non-hydrogen) atoms. The zero-order valence-electron chi connectivity index (χ0n) is 13.1. The molecule has 5 heteroatoms. The molecule has 1 unspecified atom stereocenters. The van der Waals surface area contributed by atoms with Crippen molar-refractivity contribution in [2.24, 2.45) is 12.5 Å². The maximum absolute atomic E-state index is 13.3. The highest BCUT2D eigenvalue weighted by atomic mass is 31.2. The van der Waals surface area contributed by atoms with Gasteiger partial charge in [0.05, 0.1) is 12.7 Å². The summed E-state index contributed by atoms with van der Waals surface area (Å²) in [5.41, 5.74) is 1.35. The van der Waals surface area contributed by atoms with E-state index in [1.165, 1.54) is 0 Å². The van der Waals surface area contributed by atoms with Crippen LogP contribution in [0.3, 0.4) is 0 Å². The molecule has 2 heterocycles. The predicted octanol–water partition coefficient (Wildman–Crippen LogP) is 3.14. The summed E-state index contributed by atoms with van der Waals surface area (Å²) >= 11 is 0. The van der Waals surface area contributed by atoms with Crippen LogP contribution in [0, 0.1) is 5.41 Å². The van der Waals surface area contributed by atoms with Gasteiger partial charge >= 0.3 is 7.60 Å². The molecular formula is C17H21NO3P+. The van der Waals surface area contributed by atoms with E-state index in [4.69, 9.17) is 9.05 Å². The summed E-state index contributed by atoms with van der Waals surface area (Å²) in [7, 11) is -1.50. The third kappa shape index (κ3) is 2.74. The smallest absolute Gasteiger partial charge is 0.300 e. The van der Waals surface area contributed by atoms with E-state index >= 15 is 0 Å².